The number of nitrogens with one attached hydrogen (secondary N) is 1. The first-order chi connectivity index (χ1) is 21.4. The molecule has 0 saturated carbocycles. The van der Waals surface area contributed by atoms with Crippen molar-refractivity contribution in [3.63, 3.8) is 0 Å². The van der Waals surface area contributed by atoms with Crippen LogP contribution in [0.15, 0.2) is 97.1 Å². The van der Waals surface area contributed by atoms with Gasteiger partial charge in [-0.3, -0.25) is 0 Å². The third-order valence-corrected chi connectivity index (χ3v) is 9.29. The third kappa shape index (κ3) is 4.76. The van der Waals surface area contributed by atoms with Crippen molar-refractivity contribution in [1.82, 2.24) is 10.2 Å². The topological polar surface area (TPSA) is 108 Å². The minimum absolute atomic E-state index is 0.0241. The van der Waals surface area contributed by atoms with Gasteiger partial charge in [0.2, 0.25) is 0 Å². The molecule has 0 radical (unpaired) electrons. The summed E-state index contributed by atoms with van der Waals surface area (Å²) in [7, 11) is 0. The molecular formula is C36H31N2O6-. The Labute approximate surface area is 255 Å². The summed E-state index contributed by atoms with van der Waals surface area (Å²) in [4.78, 5) is 39.8. The molecule has 3 aliphatic rings. The second-order valence-corrected chi connectivity index (χ2v) is 11.6. The van der Waals surface area contributed by atoms with E-state index in [1.165, 1.54) is 4.90 Å². The quantitative estimate of drug-likeness (QED) is 0.338. The van der Waals surface area contributed by atoms with E-state index < -0.39 is 23.7 Å². The lowest BCUT2D eigenvalue weighted by atomic mass is 9.88. The molecule has 8 heteroatoms. The Hall–Kier alpha value is -5.11. The molecule has 2 aliphatic carbocycles. The molecule has 0 bridgehead atoms. The number of fused-ring (bicyclic) bond motifs is 6. The number of aliphatic carboxylic acids is 1. The fourth-order valence-electron chi connectivity index (χ4n) is 6.97. The number of carboxylic acids is 1. The first kappa shape index (κ1) is 27.7. The summed E-state index contributed by atoms with van der Waals surface area (Å²) in [5.74, 6) is -1.63. The van der Waals surface area contributed by atoms with Crippen LogP contribution in [0, 0.1) is 0 Å². The Morgan fingerprint density at radius 2 is 1.05 bits per heavy atom. The standard InChI is InChI=1S/C36H32N2O6/c39-33(40)36(37-34(41)43-21-31-27-13-5-1-9-23(27)24-10-2-6-14-28(24)31)17-19-38(20-18-36)35(42)44-22-32-29-15-7-3-11-25(29)26-12-4-8-16-30(26)32/h1-16,31-32H,17-22H2,(H,37,41)(H,39,40)/p-1. The average Bonchev–Trinajstić information content (AvgIpc) is 3.55. The second-order valence-electron chi connectivity index (χ2n) is 11.6. The number of nitrogens with zero attached hydrogens (tertiary/aromatic N) is 1. The summed E-state index contributed by atoms with van der Waals surface area (Å²) in [6, 6.07) is 32.2. The Kier molecular flexibility index (Phi) is 7.04. The number of carboxylic acid groups (broad SMARTS) is 1. The highest BCUT2D eigenvalue weighted by Gasteiger charge is 2.40. The molecule has 8 nitrogen and oxygen atoms in total. The highest BCUT2D eigenvalue weighted by Crippen LogP contribution is 2.45. The molecule has 222 valence electrons. The summed E-state index contributed by atoms with van der Waals surface area (Å²) in [5.41, 5.74) is 7.18. The van der Waals surface area contributed by atoms with E-state index in [0.717, 1.165) is 44.5 Å². The first-order valence-corrected chi connectivity index (χ1v) is 14.9. The van der Waals surface area contributed by atoms with Crippen LogP contribution in [0.2, 0.25) is 0 Å². The van der Waals surface area contributed by atoms with Crippen LogP contribution in [0.1, 0.15) is 46.9 Å². The molecule has 0 spiro atoms. The summed E-state index contributed by atoms with van der Waals surface area (Å²) in [6.45, 7) is 0.421. The maximum absolute atomic E-state index is 13.1. The molecule has 1 fully saturated rings. The van der Waals surface area contributed by atoms with E-state index >= 15 is 0 Å². The van der Waals surface area contributed by atoms with Gasteiger partial charge in [-0.05, 0) is 57.3 Å². The highest BCUT2D eigenvalue weighted by atomic mass is 16.6. The van der Waals surface area contributed by atoms with Gasteiger partial charge >= 0.3 is 12.2 Å². The summed E-state index contributed by atoms with van der Waals surface area (Å²) < 4.78 is 11.4. The molecular weight excluding hydrogens is 556 g/mol. The Balaban J connectivity index is 0.961. The van der Waals surface area contributed by atoms with Gasteiger partial charge in [0.05, 0.1) is 11.5 Å². The number of piperidine rings is 1. The highest BCUT2D eigenvalue weighted by molar-refractivity contribution is 5.84. The molecule has 0 unspecified atom stereocenters. The van der Waals surface area contributed by atoms with Crippen LogP contribution in [-0.2, 0) is 14.3 Å². The van der Waals surface area contributed by atoms with Gasteiger partial charge in [-0.25, -0.2) is 9.59 Å². The zero-order valence-corrected chi connectivity index (χ0v) is 24.0. The summed E-state index contributed by atoms with van der Waals surface area (Å²) in [6.07, 6.45) is -1.39. The van der Waals surface area contributed by atoms with E-state index in [9.17, 15) is 19.5 Å². The van der Waals surface area contributed by atoms with Crippen LogP contribution in [0.3, 0.4) is 0 Å². The average molecular weight is 588 g/mol. The van der Waals surface area contributed by atoms with Crippen molar-refractivity contribution in [1.29, 1.82) is 0 Å². The van der Waals surface area contributed by atoms with Gasteiger partial charge in [-0.15, -0.1) is 0 Å². The lowest BCUT2D eigenvalue weighted by Gasteiger charge is -2.42. The van der Waals surface area contributed by atoms with E-state index in [4.69, 9.17) is 9.47 Å². The van der Waals surface area contributed by atoms with Crippen LogP contribution < -0.4 is 10.4 Å². The Bertz CT molecular complexity index is 1670. The van der Waals surface area contributed by atoms with Crippen molar-refractivity contribution >= 4 is 18.2 Å². The number of ether oxygens (including phenoxy) is 2. The predicted octanol–water partition coefficient (Wildman–Crippen LogP) is 5.06. The van der Waals surface area contributed by atoms with Gasteiger partial charge < -0.3 is 29.6 Å². The Morgan fingerprint density at radius 3 is 1.45 bits per heavy atom. The van der Waals surface area contributed by atoms with Crippen molar-refractivity contribution in [3.05, 3.63) is 119 Å². The fourth-order valence-corrected chi connectivity index (χ4v) is 6.97. The molecule has 44 heavy (non-hydrogen) atoms. The van der Waals surface area contributed by atoms with Crippen molar-refractivity contribution < 1.29 is 29.0 Å². The van der Waals surface area contributed by atoms with E-state index in [-0.39, 0.29) is 51.0 Å². The maximum Gasteiger partial charge on any atom is 0.409 e. The third-order valence-electron chi connectivity index (χ3n) is 9.29. The number of likely N-dealkylation sites (tertiary alicyclic amines) is 1. The van der Waals surface area contributed by atoms with Gasteiger partial charge in [-0.1, -0.05) is 97.1 Å². The molecule has 4 aromatic carbocycles. The van der Waals surface area contributed by atoms with E-state index in [0.29, 0.717) is 0 Å². The van der Waals surface area contributed by atoms with Gasteiger partial charge in [0, 0.05) is 24.9 Å². The van der Waals surface area contributed by atoms with Crippen LogP contribution >= 0.6 is 0 Å². The van der Waals surface area contributed by atoms with Crippen molar-refractivity contribution in [2.24, 2.45) is 0 Å². The molecule has 2 amide bonds. The number of amides is 2. The lowest BCUT2D eigenvalue weighted by molar-refractivity contribution is -0.315. The largest absolute Gasteiger partial charge is 0.548 e. The number of alkyl carbamates (subject to hydrolysis) is 1. The van der Waals surface area contributed by atoms with Crippen molar-refractivity contribution in [3.8, 4) is 22.3 Å². The number of carbonyl (C=O) groups excluding carboxylic acids is 3. The Morgan fingerprint density at radius 1 is 0.659 bits per heavy atom. The monoisotopic (exact) mass is 587 g/mol. The molecule has 4 aromatic rings. The normalized spacial score (nSPS) is 16.3. The van der Waals surface area contributed by atoms with Crippen LogP contribution in [-0.4, -0.2) is 54.9 Å². The number of hydrogen-bond donors (Lipinski definition) is 1. The number of rotatable bonds is 6. The number of hydrogen-bond acceptors (Lipinski definition) is 6. The van der Waals surface area contributed by atoms with Gasteiger partial charge in [0.1, 0.15) is 13.2 Å². The number of benzene rings is 4. The molecule has 1 N–H and O–H groups in total. The molecule has 7 rings (SSSR count). The molecule has 1 aliphatic heterocycles. The van der Waals surface area contributed by atoms with E-state index in [1.54, 1.807) is 0 Å². The number of carbonyl (C=O) groups is 3. The second kappa shape index (κ2) is 11.2. The zero-order valence-electron chi connectivity index (χ0n) is 24.0. The smallest absolute Gasteiger partial charge is 0.409 e. The van der Waals surface area contributed by atoms with Gasteiger partial charge in [0.25, 0.3) is 0 Å². The minimum Gasteiger partial charge on any atom is -0.548 e. The van der Waals surface area contributed by atoms with Gasteiger partial charge in [0.15, 0.2) is 0 Å². The van der Waals surface area contributed by atoms with Crippen LogP contribution in [0.4, 0.5) is 9.59 Å². The molecule has 0 aromatic heterocycles. The van der Waals surface area contributed by atoms with E-state index in [1.807, 2.05) is 72.8 Å². The lowest BCUT2D eigenvalue weighted by Crippen LogP contribution is -2.64. The van der Waals surface area contributed by atoms with Gasteiger partial charge in [-0.2, -0.15) is 0 Å². The summed E-state index contributed by atoms with van der Waals surface area (Å²) >= 11 is 0. The van der Waals surface area contributed by atoms with Crippen LogP contribution in [0.5, 0.6) is 0 Å². The zero-order chi connectivity index (χ0) is 30.3. The molecule has 1 heterocycles. The first-order valence-electron chi connectivity index (χ1n) is 14.9. The van der Waals surface area contributed by atoms with Crippen LogP contribution in [0.25, 0.3) is 22.3 Å². The molecule has 0 atom stereocenters. The fraction of sp³-hybridized carbons (Fsp3) is 0.250. The van der Waals surface area contributed by atoms with E-state index in [2.05, 4.69) is 29.6 Å². The van der Waals surface area contributed by atoms with Crippen molar-refractivity contribution in [2.75, 3.05) is 26.3 Å². The summed E-state index contributed by atoms with van der Waals surface area (Å²) in [5, 5.41) is 14.9. The predicted molar refractivity (Wildman–Crippen MR) is 162 cm³/mol. The van der Waals surface area contributed by atoms with Crippen molar-refractivity contribution in [2.45, 2.75) is 30.2 Å². The maximum atomic E-state index is 13.1. The SMILES string of the molecule is O=C(NC1(C(=O)[O-])CCN(C(=O)OCC2c3ccccc3-c3ccccc32)CC1)OCC1c2ccccc2-c2ccccc21. The minimum atomic E-state index is -1.65. The molecule has 1 saturated heterocycles.